The van der Waals surface area contributed by atoms with Gasteiger partial charge in [-0.15, -0.1) is 0 Å². The van der Waals surface area contributed by atoms with E-state index in [0.717, 1.165) is 12.0 Å². The Bertz CT molecular complexity index is 951. The minimum absolute atomic E-state index is 0.0250. The summed E-state index contributed by atoms with van der Waals surface area (Å²) in [7, 11) is 0. The topological polar surface area (TPSA) is 73.8 Å². The van der Waals surface area contributed by atoms with Crippen molar-refractivity contribution in [2.75, 3.05) is 32.7 Å². The lowest BCUT2D eigenvalue weighted by Gasteiger charge is -2.34. The third kappa shape index (κ3) is 3.99. The average Bonchev–Trinajstić information content (AvgIpc) is 2.78. The maximum Gasteiger partial charge on any atom is 0.272 e. The van der Waals surface area contributed by atoms with Crippen molar-refractivity contribution in [3.63, 3.8) is 0 Å². The molecular formula is C22H24N4O3. The van der Waals surface area contributed by atoms with E-state index in [2.05, 4.69) is 11.1 Å². The summed E-state index contributed by atoms with van der Waals surface area (Å²) in [6, 6.07) is 11.4. The van der Waals surface area contributed by atoms with Crippen molar-refractivity contribution in [1.29, 1.82) is 0 Å². The van der Waals surface area contributed by atoms with Gasteiger partial charge in [0.15, 0.2) is 0 Å². The van der Waals surface area contributed by atoms with Crippen molar-refractivity contribution in [2.24, 2.45) is 0 Å². The standard InChI is InChI=1S/C22H24N4O3/c1-16(27)24-10-12-25(13-11-24)21(28)18-6-8-23-20(14-18)22(29)26-9-7-17-4-2-3-5-19(17)15-26/h2-6,8,14H,7,9-13,15H2,1H3. The average molecular weight is 392 g/mol. The second-order valence-electron chi connectivity index (χ2n) is 7.47. The third-order valence-corrected chi connectivity index (χ3v) is 5.66. The van der Waals surface area contributed by atoms with Crippen LogP contribution in [-0.4, -0.2) is 70.1 Å². The molecule has 1 fully saturated rings. The summed E-state index contributed by atoms with van der Waals surface area (Å²) >= 11 is 0. The number of carbonyl (C=O) groups excluding carboxylic acids is 3. The van der Waals surface area contributed by atoms with Crippen molar-refractivity contribution >= 4 is 17.7 Å². The molecule has 0 aliphatic carbocycles. The highest BCUT2D eigenvalue weighted by Crippen LogP contribution is 2.20. The van der Waals surface area contributed by atoms with E-state index >= 15 is 0 Å². The highest BCUT2D eigenvalue weighted by atomic mass is 16.2. The largest absolute Gasteiger partial charge is 0.339 e. The Morgan fingerprint density at radius 1 is 0.828 bits per heavy atom. The van der Waals surface area contributed by atoms with Crippen molar-refractivity contribution in [3.05, 3.63) is 65.0 Å². The van der Waals surface area contributed by atoms with E-state index in [0.29, 0.717) is 44.8 Å². The summed E-state index contributed by atoms with van der Waals surface area (Å²) in [5.41, 5.74) is 3.18. The van der Waals surface area contributed by atoms with E-state index in [4.69, 9.17) is 0 Å². The SMILES string of the molecule is CC(=O)N1CCN(C(=O)c2ccnc(C(=O)N3CCc4ccccc4C3)c2)CC1. The Kier molecular flexibility index (Phi) is 5.29. The number of amides is 3. The summed E-state index contributed by atoms with van der Waals surface area (Å²) in [4.78, 5) is 46.8. The van der Waals surface area contributed by atoms with Gasteiger partial charge in [-0.3, -0.25) is 19.4 Å². The molecule has 150 valence electrons. The zero-order valence-corrected chi connectivity index (χ0v) is 16.5. The molecule has 3 amide bonds. The Balaban J connectivity index is 1.45. The van der Waals surface area contributed by atoms with Crippen molar-refractivity contribution in [2.45, 2.75) is 19.9 Å². The van der Waals surface area contributed by atoms with Crippen molar-refractivity contribution in [3.8, 4) is 0 Å². The Morgan fingerprint density at radius 3 is 2.24 bits per heavy atom. The molecule has 0 bridgehead atoms. The monoisotopic (exact) mass is 392 g/mol. The van der Waals surface area contributed by atoms with Crippen LogP contribution < -0.4 is 0 Å². The molecule has 0 saturated carbocycles. The van der Waals surface area contributed by atoms with Crippen LogP contribution in [0.2, 0.25) is 0 Å². The van der Waals surface area contributed by atoms with Crippen LogP contribution in [0.4, 0.5) is 0 Å². The van der Waals surface area contributed by atoms with E-state index in [1.165, 1.54) is 18.7 Å². The van der Waals surface area contributed by atoms with E-state index in [9.17, 15) is 14.4 Å². The number of pyridine rings is 1. The van der Waals surface area contributed by atoms with E-state index < -0.39 is 0 Å². The van der Waals surface area contributed by atoms with Gasteiger partial charge in [-0.25, -0.2) is 0 Å². The van der Waals surface area contributed by atoms with Gasteiger partial charge in [-0.1, -0.05) is 24.3 Å². The van der Waals surface area contributed by atoms with E-state index in [1.807, 2.05) is 18.2 Å². The maximum atomic E-state index is 13.0. The molecule has 0 unspecified atom stereocenters. The van der Waals surface area contributed by atoms with Gasteiger partial charge in [0.2, 0.25) is 5.91 Å². The van der Waals surface area contributed by atoms with Gasteiger partial charge in [0.25, 0.3) is 11.8 Å². The number of piperazine rings is 1. The number of rotatable bonds is 2. The number of carbonyl (C=O) groups is 3. The fraction of sp³-hybridized carbons (Fsp3) is 0.364. The van der Waals surface area contributed by atoms with E-state index in [-0.39, 0.29) is 23.4 Å². The third-order valence-electron chi connectivity index (χ3n) is 5.66. The maximum absolute atomic E-state index is 13.0. The van der Waals surface area contributed by atoms with Crippen LogP contribution in [0.3, 0.4) is 0 Å². The van der Waals surface area contributed by atoms with Crippen LogP contribution in [0, 0.1) is 0 Å². The Labute approximate surface area is 169 Å². The molecule has 1 saturated heterocycles. The van der Waals surface area contributed by atoms with Crippen LogP contribution in [0.25, 0.3) is 0 Å². The normalized spacial score (nSPS) is 16.4. The molecule has 1 aromatic heterocycles. The molecule has 0 radical (unpaired) electrons. The molecule has 29 heavy (non-hydrogen) atoms. The number of benzene rings is 1. The first kappa shape index (κ1) is 19.1. The van der Waals surface area contributed by atoms with Crippen LogP contribution in [-0.2, 0) is 17.8 Å². The van der Waals surface area contributed by atoms with Gasteiger partial charge in [0, 0.05) is 58.0 Å². The summed E-state index contributed by atoms with van der Waals surface area (Å²) < 4.78 is 0. The first-order valence-electron chi connectivity index (χ1n) is 9.90. The molecule has 0 spiro atoms. The zero-order chi connectivity index (χ0) is 20.4. The lowest BCUT2D eigenvalue weighted by molar-refractivity contribution is -0.130. The molecule has 2 aliphatic rings. The first-order valence-corrected chi connectivity index (χ1v) is 9.90. The fourth-order valence-corrected chi connectivity index (χ4v) is 3.92. The Morgan fingerprint density at radius 2 is 1.52 bits per heavy atom. The lowest BCUT2D eigenvalue weighted by atomic mass is 9.99. The number of aromatic nitrogens is 1. The van der Waals surface area contributed by atoms with Crippen molar-refractivity contribution < 1.29 is 14.4 Å². The molecular weight excluding hydrogens is 368 g/mol. The minimum atomic E-state index is -0.157. The molecule has 2 aromatic rings. The predicted molar refractivity (Wildman–Crippen MR) is 107 cm³/mol. The molecule has 7 heteroatoms. The number of hydrogen-bond acceptors (Lipinski definition) is 4. The van der Waals surface area contributed by atoms with Crippen molar-refractivity contribution in [1.82, 2.24) is 19.7 Å². The quantitative estimate of drug-likeness (QED) is 0.778. The molecule has 7 nitrogen and oxygen atoms in total. The van der Waals surface area contributed by atoms with Gasteiger partial charge < -0.3 is 14.7 Å². The molecule has 3 heterocycles. The first-order chi connectivity index (χ1) is 14.0. The lowest BCUT2D eigenvalue weighted by Crippen LogP contribution is -2.50. The van der Waals surface area contributed by atoms with E-state index in [1.54, 1.807) is 26.8 Å². The zero-order valence-electron chi connectivity index (χ0n) is 16.5. The molecule has 2 aliphatic heterocycles. The van der Waals surface area contributed by atoms with Gasteiger partial charge >= 0.3 is 0 Å². The highest BCUT2D eigenvalue weighted by molar-refractivity contribution is 5.98. The second kappa shape index (κ2) is 8.03. The molecule has 0 N–H and O–H groups in total. The summed E-state index contributed by atoms with van der Waals surface area (Å²) in [6.07, 6.45) is 2.34. The number of fused-ring (bicyclic) bond motifs is 1. The number of nitrogens with zero attached hydrogens (tertiary/aromatic N) is 4. The predicted octanol–water partition coefficient (Wildman–Crippen LogP) is 1.58. The smallest absolute Gasteiger partial charge is 0.272 e. The van der Waals surface area contributed by atoms with Crippen LogP contribution in [0.15, 0.2) is 42.6 Å². The van der Waals surface area contributed by atoms with Gasteiger partial charge in [0.1, 0.15) is 5.69 Å². The van der Waals surface area contributed by atoms with Gasteiger partial charge in [-0.05, 0) is 29.7 Å². The molecule has 1 aromatic carbocycles. The summed E-state index contributed by atoms with van der Waals surface area (Å²) in [5.74, 6) is -0.263. The van der Waals surface area contributed by atoms with Crippen LogP contribution in [0.5, 0.6) is 0 Å². The highest BCUT2D eigenvalue weighted by Gasteiger charge is 2.26. The van der Waals surface area contributed by atoms with Gasteiger partial charge in [0.05, 0.1) is 0 Å². The molecule has 0 atom stereocenters. The fourth-order valence-electron chi connectivity index (χ4n) is 3.92. The summed E-state index contributed by atoms with van der Waals surface area (Å²) in [6.45, 7) is 4.79. The number of hydrogen-bond donors (Lipinski definition) is 0. The van der Waals surface area contributed by atoms with Crippen LogP contribution >= 0.6 is 0 Å². The minimum Gasteiger partial charge on any atom is -0.339 e. The van der Waals surface area contributed by atoms with Crippen LogP contribution in [0.1, 0.15) is 38.9 Å². The second-order valence-corrected chi connectivity index (χ2v) is 7.47. The molecule has 4 rings (SSSR count). The van der Waals surface area contributed by atoms with Gasteiger partial charge in [-0.2, -0.15) is 0 Å². The summed E-state index contributed by atoms with van der Waals surface area (Å²) in [5, 5.41) is 0. The Hall–Kier alpha value is -3.22.